The highest BCUT2D eigenvalue weighted by atomic mass is 32.2. The molecule has 0 aromatic carbocycles. The molecule has 0 radical (unpaired) electrons. The smallest absolute Gasteiger partial charge is 0.247 e. The van der Waals surface area contributed by atoms with Crippen molar-refractivity contribution in [1.82, 2.24) is 9.71 Å². The van der Waals surface area contributed by atoms with Crippen LogP contribution >= 0.6 is 0 Å². The summed E-state index contributed by atoms with van der Waals surface area (Å²) in [4.78, 5) is 13.1. The summed E-state index contributed by atoms with van der Waals surface area (Å²) in [6.07, 6.45) is 2.61. The zero-order chi connectivity index (χ0) is 12.3. The molecule has 2 rings (SSSR count). The van der Waals surface area contributed by atoms with E-state index in [9.17, 15) is 13.2 Å². The van der Waals surface area contributed by atoms with Gasteiger partial charge in [-0.3, -0.25) is 4.79 Å². The zero-order valence-corrected chi connectivity index (χ0v) is 9.53. The minimum atomic E-state index is -3.63. The quantitative estimate of drug-likeness (QED) is 0.828. The van der Waals surface area contributed by atoms with Crippen LogP contribution < -0.4 is 10.3 Å². The van der Waals surface area contributed by atoms with Gasteiger partial charge in [0.15, 0.2) is 0 Å². The molecule has 0 fully saturated rings. The number of H-pyrrole nitrogens is 1. The van der Waals surface area contributed by atoms with Crippen LogP contribution in [0.25, 0.3) is 0 Å². The number of sulfonamides is 1. The second kappa shape index (κ2) is 4.56. The van der Waals surface area contributed by atoms with Crippen molar-refractivity contribution in [3.63, 3.8) is 0 Å². The molecule has 0 aliphatic carbocycles. The third-order valence-electron chi connectivity index (χ3n) is 2.08. The second-order valence-corrected chi connectivity index (χ2v) is 5.06. The lowest BCUT2D eigenvalue weighted by atomic mass is 10.5. The van der Waals surface area contributed by atoms with Crippen LogP contribution in [0.15, 0.2) is 50.8 Å². The van der Waals surface area contributed by atoms with Crippen LogP contribution in [0.3, 0.4) is 0 Å². The molecule has 90 valence electrons. The molecule has 6 nitrogen and oxygen atoms in total. The van der Waals surface area contributed by atoms with Gasteiger partial charge in [-0.1, -0.05) is 0 Å². The van der Waals surface area contributed by atoms with Crippen molar-refractivity contribution in [2.24, 2.45) is 0 Å². The second-order valence-electron chi connectivity index (χ2n) is 3.29. The number of aromatic amines is 1. The van der Waals surface area contributed by atoms with Crippen molar-refractivity contribution in [2.45, 2.75) is 11.4 Å². The van der Waals surface area contributed by atoms with Crippen molar-refractivity contribution in [3.05, 3.63) is 52.8 Å². The van der Waals surface area contributed by atoms with Crippen molar-refractivity contribution in [2.75, 3.05) is 0 Å². The van der Waals surface area contributed by atoms with Crippen molar-refractivity contribution >= 4 is 10.0 Å². The Balaban J connectivity index is 2.14. The average Bonchev–Trinajstić information content (AvgIpc) is 2.80. The van der Waals surface area contributed by atoms with Crippen LogP contribution in [-0.4, -0.2) is 13.4 Å². The van der Waals surface area contributed by atoms with Gasteiger partial charge in [-0.25, -0.2) is 13.1 Å². The van der Waals surface area contributed by atoms with Gasteiger partial charge in [-0.05, 0) is 18.2 Å². The molecule has 0 saturated heterocycles. The summed E-state index contributed by atoms with van der Waals surface area (Å²) < 4.78 is 30.9. The normalized spacial score (nSPS) is 11.5. The van der Waals surface area contributed by atoms with Gasteiger partial charge >= 0.3 is 0 Å². The topological polar surface area (TPSA) is 92.2 Å². The molecule has 2 heterocycles. The maximum absolute atomic E-state index is 11.8. The molecular weight excluding hydrogens is 244 g/mol. The number of aromatic nitrogens is 1. The number of hydrogen-bond donors (Lipinski definition) is 2. The van der Waals surface area contributed by atoms with E-state index >= 15 is 0 Å². The molecule has 0 spiro atoms. The molecule has 0 saturated carbocycles. The monoisotopic (exact) mass is 254 g/mol. The van der Waals surface area contributed by atoms with E-state index in [4.69, 9.17) is 4.42 Å². The molecule has 2 N–H and O–H groups in total. The van der Waals surface area contributed by atoms with Gasteiger partial charge in [0, 0.05) is 12.3 Å². The third kappa shape index (κ3) is 2.83. The first-order valence-corrected chi connectivity index (χ1v) is 6.27. The number of pyridine rings is 1. The fourth-order valence-corrected chi connectivity index (χ4v) is 2.19. The van der Waals surface area contributed by atoms with Crippen molar-refractivity contribution < 1.29 is 12.8 Å². The van der Waals surface area contributed by atoms with Crippen molar-refractivity contribution in [3.8, 4) is 0 Å². The van der Waals surface area contributed by atoms with E-state index in [0.717, 1.165) is 12.3 Å². The van der Waals surface area contributed by atoms with E-state index in [1.54, 1.807) is 12.1 Å². The molecule has 2 aromatic heterocycles. The van der Waals surface area contributed by atoms with Crippen LogP contribution in [0.2, 0.25) is 0 Å². The Labute approximate surface area is 97.3 Å². The Bertz CT molecular complexity index is 623. The van der Waals surface area contributed by atoms with Crippen molar-refractivity contribution in [1.29, 1.82) is 0 Å². The van der Waals surface area contributed by atoms with Gasteiger partial charge in [0.1, 0.15) is 5.76 Å². The Morgan fingerprint density at radius 2 is 2.12 bits per heavy atom. The van der Waals surface area contributed by atoms with Crippen LogP contribution in [0.1, 0.15) is 5.76 Å². The number of nitrogens with one attached hydrogen (secondary N) is 2. The lowest BCUT2D eigenvalue weighted by Crippen LogP contribution is -2.23. The lowest BCUT2D eigenvalue weighted by Gasteiger charge is -2.04. The molecule has 0 atom stereocenters. The summed E-state index contributed by atoms with van der Waals surface area (Å²) in [5.41, 5.74) is -0.352. The fourth-order valence-electron chi connectivity index (χ4n) is 1.23. The summed E-state index contributed by atoms with van der Waals surface area (Å²) in [5.74, 6) is 0.512. The predicted molar refractivity (Wildman–Crippen MR) is 59.8 cm³/mol. The van der Waals surface area contributed by atoms with Crippen LogP contribution in [0.5, 0.6) is 0 Å². The highest BCUT2D eigenvalue weighted by Gasteiger charge is 2.13. The Morgan fingerprint density at radius 1 is 1.29 bits per heavy atom. The first kappa shape index (κ1) is 11.6. The molecule has 7 heteroatoms. The fraction of sp³-hybridized carbons (Fsp3) is 0.100. The van der Waals surface area contributed by atoms with Crippen LogP contribution in [0.4, 0.5) is 0 Å². The SMILES string of the molecule is O=c1ccc(S(=O)(=O)NCc2ccco2)c[nH]1. The van der Waals surface area contributed by atoms with E-state index < -0.39 is 10.0 Å². The van der Waals surface area contributed by atoms with Crippen LogP contribution in [-0.2, 0) is 16.6 Å². The summed E-state index contributed by atoms with van der Waals surface area (Å²) in [5, 5.41) is 0. The van der Waals surface area contributed by atoms with E-state index in [2.05, 4.69) is 9.71 Å². The summed E-state index contributed by atoms with van der Waals surface area (Å²) >= 11 is 0. The average molecular weight is 254 g/mol. The van der Waals surface area contributed by atoms with Gasteiger partial charge < -0.3 is 9.40 Å². The van der Waals surface area contributed by atoms with Gasteiger partial charge in [-0.2, -0.15) is 0 Å². The molecule has 0 aliphatic heterocycles. The van der Waals surface area contributed by atoms with Gasteiger partial charge in [0.05, 0.1) is 17.7 Å². The molecular formula is C10H10N2O4S. The van der Waals surface area contributed by atoms with E-state index in [1.807, 2.05) is 0 Å². The standard InChI is InChI=1S/C10H10N2O4S/c13-10-4-3-9(7-11-10)17(14,15)12-6-8-2-1-5-16-8/h1-5,7,12H,6H2,(H,11,13). The number of rotatable bonds is 4. The Kier molecular flexibility index (Phi) is 3.12. The third-order valence-corrected chi connectivity index (χ3v) is 3.48. The van der Waals surface area contributed by atoms with E-state index in [-0.39, 0.29) is 17.0 Å². The first-order valence-electron chi connectivity index (χ1n) is 4.79. The van der Waals surface area contributed by atoms with Gasteiger partial charge in [-0.15, -0.1) is 0 Å². The van der Waals surface area contributed by atoms with E-state index in [0.29, 0.717) is 5.76 Å². The molecule has 0 amide bonds. The minimum absolute atomic E-state index is 0.00339. The Morgan fingerprint density at radius 3 is 2.71 bits per heavy atom. The molecule has 0 aliphatic rings. The molecule has 2 aromatic rings. The van der Waals surface area contributed by atoms with Gasteiger partial charge in [0.25, 0.3) is 0 Å². The molecule has 0 bridgehead atoms. The van der Waals surface area contributed by atoms with E-state index in [1.165, 1.54) is 12.3 Å². The maximum Gasteiger partial charge on any atom is 0.247 e. The summed E-state index contributed by atoms with van der Waals surface area (Å²) in [7, 11) is -3.63. The van der Waals surface area contributed by atoms with Crippen LogP contribution in [0, 0.1) is 0 Å². The zero-order valence-electron chi connectivity index (χ0n) is 8.71. The first-order chi connectivity index (χ1) is 8.08. The number of furan rings is 1. The summed E-state index contributed by atoms with van der Waals surface area (Å²) in [6, 6.07) is 5.73. The van der Waals surface area contributed by atoms with Gasteiger partial charge in [0.2, 0.25) is 15.6 Å². The summed E-state index contributed by atoms with van der Waals surface area (Å²) in [6.45, 7) is 0.0639. The highest BCUT2D eigenvalue weighted by Crippen LogP contribution is 2.06. The predicted octanol–water partition coefficient (Wildman–Crippen LogP) is 0.446. The Hall–Kier alpha value is -1.86. The lowest BCUT2D eigenvalue weighted by molar-refractivity contribution is 0.498. The molecule has 17 heavy (non-hydrogen) atoms. The number of hydrogen-bond acceptors (Lipinski definition) is 4. The maximum atomic E-state index is 11.8. The molecule has 0 unspecified atom stereocenters. The minimum Gasteiger partial charge on any atom is -0.468 e. The highest BCUT2D eigenvalue weighted by molar-refractivity contribution is 7.89. The largest absolute Gasteiger partial charge is 0.468 e.